The Kier molecular flexibility index (Phi) is 3.62. The number of aliphatic imine (C=N–C) groups is 1. The molecule has 2 aromatic carbocycles. The predicted octanol–water partition coefficient (Wildman–Crippen LogP) is 3.67. The Morgan fingerprint density at radius 3 is 2.52 bits per heavy atom. The lowest BCUT2D eigenvalue weighted by molar-refractivity contribution is 0.379. The number of para-hydroxylation sites is 1. The predicted molar refractivity (Wildman–Crippen MR) is 103 cm³/mol. The van der Waals surface area contributed by atoms with Gasteiger partial charge in [0.05, 0.1) is 6.04 Å². The molecule has 128 valence electrons. The lowest BCUT2D eigenvalue weighted by atomic mass is 9.86. The third-order valence-corrected chi connectivity index (χ3v) is 5.68. The molecule has 4 heteroatoms. The van der Waals surface area contributed by atoms with E-state index in [0.717, 1.165) is 32.1 Å². The van der Waals surface area contributed by atoms with Crippen LogP contribution in [0.3, 0.4) is 0 Å². The molecule has 3 aliphatic rings. The topological polar surface area (TPSA) is 30.9 Å². The van der Waals surface area contributed by atoms with Gasteiger partial charge in [0.25, 0.3) is 0 Å². The number of guanidine groups is 1. The zero-order valence-electron chi connectivity index (χ0n) is 14.5. The molecule has 1 saturated heterocycles. The first kappa shape index (κ1) is 14.8. The van der Waals surface area contributed by atoms with E-state index in [0.29, 0.717) is 6.04 Å². The van der Waals surface area contributed by atoms with Crippen LogP contribution in [-0.4, -0.2) is 37.0 Å². The van der Waals surface area contributed by atoms with Gasteiger partial charge in [-0.3, -0.25) is 0 Å². The van der Waals surface area contributed by atoms with Crippen LogP contribution in [0, 0.1) is 0 Å². The summed E-state index contributed by atoms with van der Waals surface area (Å²) in [4.78, 5) is 9.97. The molecule has 0 saturated carbocycles. The van der Waals surface area contributed by atoms with Gasteiger partial charge in [-0.15, -0.1) is 0 Å². The van der Waals surface area contributed by atoms with Crippen LogP contribution in [-0.2, 0) is 6.42 Å². The highest BCUT2D eigenvalue weighted by Crippen LogP contribution is 2.40. The SMILES string of the molecule is c1ccc(N2CCN(C3=NC4CCCc5cccc(c54)N3)CC2)cc1. The summed E-state index contributed by atoms with van der Waals surface area (Å²) in [6.45, 7) is 4.12. The molecule has 2 heterocycles. The molecule has 2 aliphatic heterocycles. The summed E-state index contributed by atoms with van der Waals surface area (Å²) < 4.78 is 0. The van der Waals surface area contributed by atoms with Gasteiger partial charge in [-0.2, -0.15) is 0 Å². The molecule has 0 radical (unpaired) electrons. The van der Waals surface area contributed by atoms with E-state index >= 15 is 0 Å². The lowest BCUT2D eigenvalue weighted by Crippen LogP contribution is -2.51. The smallest absolute Gasteiger partial charge is 0.199 e. The van der Waals surface area contributed by atoms with Crippen molar-refractivity contribution in [2.75, 3.05) is 36.4 Å². The fourth-order valence-electron chi connectivity index (χ4n) is 4.37. The summed E-state index contributed by atoms with van der Waals surface area (Å²) in [5.74, 6) is 1.07. The first-order chi connectivity index (χ1) is 12.4. The van der Waals surface area contributed by atoms with E-state index in [2.05, 4.69) is 63.6 Å². The van der Waals surface area contributed by atoms with Crippen molar-refractivity contribution in [3.8, 4) is 0 Å². The van der Waals surface area contributed by atoms with Crippen molar-refractivity contribution in [2.24, 2.45) is 4.99 Å². The number of hydrogen-bond donors (Lipinski definition) is 1. The van der Waals surface area contributed by atoms with Gasteiger partial charge < -0.3 is 15.1 Å². The maximum absolute atomic E-state index is 5.09. The summed E-state index contributed by atoms with van der Waals surface area (Å²) in [5.41, 5.74) is 5.53. The minimum absolute atomic E-state index is 0.350. The molecular formula is C21H24N4. The van der Waals surface area contributed by atoms with Crippen LogP contribution in [0.4, 0.5) is 11.4 Å². The second kappa shape index (κ2) is 6.10. The monoisotopic (exact) mass is 332 g/mol. The minimum Gasteiger partial charge on any atom is -0.368 e. The maximum Gasteiger partial charge on any atom is 0.199 e. The van der Waals surface area contributed by atoms with E-state index in [9.17, 15) is 0 Å². The molecule has 1 unspecified atom stereocenters. The number of aryl methyl sites for hydroxylation is 1. The molecule has 5 rings (SSSR count). The second-order valence-electron chi connectivity index (χ2n) is 7.17. The van der Waals surface area contributed by atoms with Crippen LogP contribution in [0.2, 0.25) is 0 Å². The highest BCUT2D eigenvalue weighted by molar-refractivity contribution is 5.96. The minimum atomic E-state index is 0.350. The molecule has 1 fully saturated rings. The van der Waals surface area contributed by atoms with Crippen LogP contribution >= 0.6 is 0 Å². The Hall–Kier alpha value is -2.49. The van der Waals surface area contributed by atoms with Gasteiger partial charge in [0, 0.05) is 43.1 Å². The van der Waals surface area contributed by atoms with Crippen molar-refractivity contribution < 1.29 is 0 Å². The van der Waals surface area contributed by atoms with E-state index in [-0.39, 0.29) is 0 Å². The number of hydrogen-bond acceptors (Lipinski definition) is 4. The number of nitrogens with zero attached hydrogens (tertiary/aromatic N) is 3. The largest absolute Gasteiger partial charge is 0.368 e. The molecule has 1 aliphatic carbocycles. The molecule has 0 spiro atoms. The molecule has 2 aromatic rings. The Morgan fingerprint density at radius 2 is 1.68 bits per heavy atom. The van der Waals surface area contributed by atoms with E-state index in [1.165, 1.54) is 41.8 Å². The highest BCUT2D eigenvalue weighted by atomic mass is 15.4. The lowest BCUT2D eigenvalue weighted by Gasteiger charge is -2.40. The Bertz CT molecular complexity index is 791. The Balaban J connectivity index is 1.33. The summed E-state index contributed by atoms with van der Waals surface area (Å²) >= 11 is 0. The fourth-order valence-corrected chi connectivity index (χ4v) is 4.37. The standard InChI is InChI=1S/C21H24N4/c1-2-8-17(9-3-1)24-12-14-25(15-13-24)21-22-18-10-4-6-16-7-5-11-19(23-21)20(16)18/h1-4,6,8-10,19H,5,7,11-15H2,(H,22,23). The quantitative estimate of drug-likeness (QED) is 0.864. The zero-order valence-corrected chi connectivity index (χ0v) is 14.5. The number of anilines is 2. The fraction of sp³-hybridized carbons (Fsp3) is 0.381. The number of rotatable bonds is 1. The molecule has 1 N–H and O–H groups in total. The summed E-state index contributed by atoms with van der Waals surface area (Å²) in [7, 11) is 0. The van der Waals surface area contributed by atoms with Crippen molar-refractivity contribution >= 4 is 17.3 Å². The van der Waals surface area contributed by atoms with Gasteiger partial charge in [0.1, 0.15) is 0 Å². The molecular weight excluding hydrogens is 308 g/mol. The van der Waals surface area contributed by atoms with Gasteiger partial charge in [0.2, 0.25) is 0 Å². The molecule has 0 aromatic heterocycles. The number of piperazine rings is 1. The van der Waals surface area contributed by atoms with Gasteiger partial charge in [-0.1, -0.05) is 30.3 Å². The Morgan fingerprint density at radius 1 is 0.880 bits per heavy atom. The molecule has 0 bridgehead atoms. The third kappa shape index (κ3) is 2.66. The summed E-state index contributed by atoms with van der Waals surface area (Å²) in [5, 5.41) is 3.62. The van der Waals surface area contributed by atoms with Gasteiger partial charge in [0.15, 0.2) is 5.96 Å². The second-order valence-corrected chi connectivity index (χ2v) is 7.17. The molecule has 1 atom stereocenters. The first-order valence-corrected chi connectivity index (χ1v) is 9.40. The summed E-state index contributed by atoms with van der Waals surface area (Å²) in [6.07, 6.45) is 3.63. The van der Waals surface area contributed by atoms with Crippen molar-refractivity contribution in [2.45, 2.75) is 25.3 Å². The van der Waals surface area contributed by atoms with Gasteiger partial charge in [-0.25, -0.2) is 4.99 Å². The van der Waals surface area contributed by atoms with Crippen LogP contribution < -0.4 is 10.2 Å². The zero-order chi connectivity index (χ0) is 16.6. The van der Waals surface area contributed by atoms with Crippen LogP contribution in [0.15, 0.2) is 53.5 Å². The van der Waals surface area contributed by atoms with E-state index in [1.807, 2.05) is 0 Å². The Labute approximate surface area is 149 Å². The average Bonchev–Trinajstić information content (AvgIpc) is 2.69. The molecule has 4 nitrogen and oxygen atoms in total. The molecule has 25 heavy (non-hydrogen) atoms. The van der Waals surface area contributed by atoms with Crippen LogP contribution in [0.25, 0.3) is 0 Å². The molecule has 0 amide bonds. The summed E-state index contributed by atoms with van der Waals surface area (Å²) in [6, 6.07) is 17.7. The first-order valence-electron chi connectivity index (χ1n) is 9.40. The van der Waals surface area contributed by atoms with Crippen molar-refractivity contribution in [3.05, 3.63) is 59.7 Å². The third-order valence-electron chi connectivity index (χ3n) is 5.68. The van der Waals surface area contributed by atoms with E-state index < -0.39 is 0 Å². The number of benzene rings is 2. The number of nitrogens with one attached hydrogen (secondary N) is 1. The average molecular weight is 332 g/mol. The van der Waals surface area contributed by atoms with E-state index in [1.54, 1.807) is 0 Å². The van der Waals surface area contributed by atoms with Crippen molar-refractivity contribution in [1.29, 1.82) is 0 Å². The van der Waals surface area contributed by atoms with Crippen LogP contribution in [0.5, 0.6) is 0 Å². The van der Waals surface area contributed by atoms with Crippen LogP contribution in [0.1, 0.15) is 30.0 Å². The van der Waals surface area contributed by atoms with Crippen molar-refractivity contribution in [3.63, 3.8) is 0 Å². The van der Waals surface area contributed by atoms with Crippen molar-refractivity contribution in [1.82, 2.24) is 4.90 Å². The van der Waals surface area contributed by atoms with Gasteiger partial charge in [-0.05, 0) is 43.0 Å². The highest BCUT2D eigenvalue weighted by Gasteiger charge is 2.30. The van der Waals surface area contributed by atoms with E-state index in [4.69, 9.17) is 4.99 Å². The maximum atomic E-state index is 5.09. The normalized spacial score (nSPS) is 22.1. The van der Waals surface area contributed by atoms with Gasteiger partial charge >= 0.3 is 0 Å².